The van der Waals surface area contributed by atoms with E-state index in [1.807, 2.05) is 36.4 Å². The Bertz CT molecular complexity index is 611. The van der Waals surface area contributed by atoms with E-state index in [2.05, 4.69) is 0 Å². The fourth-order valence-electron chi connectivity index (χ4n) is 1.92. The van der Waals surface area contributed by atoms with Crippen molar-refractivity contribution in [3.05, 3.63) is 66.2 Å². The number of thioether (sulfide) groups is 1. The molecule has 2 rings (SSSR count). The average molecular weight is 314 g/mol. The van der Waals surface area contributed by atoms with Gasteiger partial charge in [-0.2, -0.15) is 0 Å². The van der Waals surface area contributed by atoms with Gasteiger partial charge in [0.15, 0.2) is 6.10 Å². The summed E-state index contributed by atoms with van der Waals surface area (Å²) in [6.45, 7) is 1.61. The fraction of sp³-hybridized carbons (Fsp3) is 0.222. The van der Waals surface area contributed by atoms with Crippen LogP contribution in [0.25, 0.3) is 0 Å². The zero-order valence-electron chi connectivity index (χ0n) is 12.4. The summed E-state index contributed by atoms with van der Waals surface area (Å²) in [7, 11) is 0. The van der Waals surface area contributed by atoms with Crippen LogP contribution in [-0.4, -0.2) is 23.6 Å². The van der Waals surface area contributed by atoms with Crippen molar-refractivity contribution in [1.29, 1.82) is 0 Å². The van der Waals surface area contributed by atoms with Gasteiger partial charge in [0.1, 0.15) is 0 Å². The Labute approximate surface area is 134 Å². The molecule has 114 valence electrons. The molecule has 0 N–H and O–H groups in total. The van der Waals surface area contributed by atoms with E-state index in [4.69, 9.17) is 4.74 Å². The summed E-state index contributed by atoms with van der Waals surface area (Å²) in [6.07, 6.45) is -0.469. The Hall–Kier alpha value is -2.07. The lowest BCUT2D eigenvalue weighted by molar-refractivity contribution is -0.145. The van der Waals surface area contributed by atoms with Gasteiger partial charge in [0.05, 0.1) is 6.42 Å². The van der Waals surface area contributed by atoms with Crippen molar-refractivity contribution in [2.24, 2.45) is 0 Å². The van der Waals surface area contributed by atoms with Crippen LogP contribution in [0.15, 0.2) is 65.6 Å². The Balaban J connectivity index is 1.76. The molecule has 0 bridgehead atoms. The van der Waals surface area contributed by atoms with Gasteiger partial charge in [-0.25, -0.2) is 0 Å². The molecule has 0 aromatic heterocycles. The molecule has 2 aromatic carbocycles. The summed E-state index contributed by atoms with van der Waals surface area (Å²) in [6, 6.07) is 18.7. The smallest absolute Gasteiger partial charge is 0.307 e. The molecule has 1 unspecified atom stereocenters. The first-order valence-corrected chi connectivity index (χ1v) is 8.12. The summed E-state index contributed by atoms with van der Waals surface area (Å²) in [5.41, 5.74) is 0.557. The Kier molecular flexibility index (Phi) is 6.22. The molecule has 0 amide bonds. The third-order valence-corrected chi connectivity index (χ3v) is 4.07. The molecule has 0 heterocycles. The highest BCUT2D eigenvalue weighted by atomic mass is 32.2. The molecule has 3 nitrogen and oxygen atoms in total. The van der Waals surface area contributed by atoms with Crippen molar-refractivity contribution in [3.8, 4) is 0 Å². The first-order valence-electron chi connectivity index (χ1n) is 7.13. The monoisotopic (exact) mass is 314 g/mol. The lowest BCUT2D eigenvalue weighted by atomic mass is 10.1. The highest BCUT2D eigenvalue weighted by Crippen LogP contribution is 2.18. The van der Waals surface area contributed by atoms with Crippen LogP contribution in [0.2, 0.25) is 0 Å². The van der Waals surface area contributed by atoms with Crippen LogP contribution < -0.4 is 0 Å². The van der Waals surface area contributed by atoms with Crippen LogP contribution in [0, 0.1) is 0 Å². The second kappa shape index (κ2) is 8.39. The van der Waals surface area contributed by atoms with E-state index in [1.54, 1.807) is 43.0 Å². The molecule has 0 saturated carbocycles. The number of carbonyl (C=O) groups excluding carboxylic acids is 2. The molecule has 4 heteroatoms. The molecule has 0 saturated heterocycles. The number of rotatable bonds is 7. The SMILES string of the molecule is CC(OC(=O)CCSc1ccccc1)C(=O)c1ccccc1. The summed E-state index contributed by atoms with van der Waals surface area (Å²) >= 11 is 1.59. The van der Waals surface area contributed by atoms with Crippen LogP contribution in [-0.2, 0) is 9.53 Å². The predicted octanol–water partition coefficient (Wildman–Crippen LogP) is 3.98. The molecule has 0 aliphatic rings. The van der Waals surface area contributed by atoms with E-state index in [9.17, 15) is 9.59 Å². The van der Waals surface area contributed by atoms with Crippen molar-refractivity contribution >= 4 is 23.5 Å². The summed E-state index contributed by atoms with van der Waals surface area (Å²) in [5.74, 6) is 0.111. The van der Waals surface area contributed by atoms with Crippen molar-refractivity contribution < 1.29 is 14.3 Å². The molecule has 0 spiro atoms. The minimum Gasteiger partial charge on any atom is -0.454 e. The number of hydrogen-bond acceptors (Lipinski definition) is 4. The van der Waals surface area contributed by atoms with E-state index in [1.165, 1.54) is 0 Å². The zero-order chi connectivity index (χ0) is 15.8. The van der Waals surface area contributed by atoms with Crippen molar-refractivity contribution in [2.75, 3.05) is 5.75 Å². The van der Waals surface area contributed by atoms with E-state index in [0.717, 1.165) is 4.90 Å². The largest absolute Gasteiger partial charge is 0.454 e. The quantitative estimate of drug-likeness (QED) is 0.440. The number of hydrogen-bond donors (Lipinski definition) is 0. The molecule has 22 heavy (non-hydrogen) atoms. The van der Waals surface area contributed by atoms with Crippen LogP contribution in [0.1, 0.15) is 23.7 Å². The minimum atomic E-state index is -0.753. The standard InChI is InChI=1S/C18H18O3S/c1-14(18(20)15-8-4-2-5-9-15)21-17(19)12-13-22-16-10-6-3-7-11-16/h2-11,14H,12-13H2,1H3. The van der Waals surface area contributed by atoms with Gasteiger partial charge in [-0.15, -0.1) is 11.8 Å². The molecular formula is C18H18O3S. The molecule has 0 fully saturated rings. The van der Waals surface area contributed by atoms with Gasteiger partial charge in [-0.1, -0.05) is 48.5 Å². The van der Waals surface area contributed by atoms with Crippen LogP contribution in [0.4, 0.5) is 0 Å². The van der Waals surface area contributed by atoms with E-state index < -0.39 is 6.10 Å². The molecule has 2 aromatic rings. The Morgan fingerprint density at radius 2 is 1.59 bits per heavy atom. The van der Waals surface area contributed by atoms with Gasteiger partial charge in [0.25, 0.3) is 0 Å². The molecule has 1 atom stereocenters. The third-order valence-electron chi connectivity index (χ3n) is 3.05. The number of Topliss-reactive ketones (excluding diaryl/α,β-unsaturated/α-hetero) is 1. The van der Waals surface area contributed by atoms with Gasteiger partial charge in [0, 0.05) is 16.2 Å². The van der Waals surface area contributed by atoms with Crippen molar-refractivity contribution in [3.63, 3.8) is 0 Å². The van der Waals surface area contributed by atoms with E-state index >= 15 is 0 Å². The van der Waals surface area contributed by atoms with Gasteiger partial charge in [-0.3, -0.25) is 9.59 Å². The zero-order valence-corrected chi connectivity index (χ0v) is 13.2. The van der Waals surface area contributed by atoms with Gasteiger partial charge in [0.2, 0.25) is 5.78 Å². The summed E-state index contributed by atoms with van der Waals surface area (Å²) < 4.78 is 5.20. The molecule has 0 aliphatic carbocycles. The minimum absolute atomic E-state index is 0.176. The lowest BCUT2D eigenvalue weighted by Gasteiger charge is -2.12. The highest BCUT2D eigenvalue weighted by molar-refractivity contribution is 7.99. The molecule has 0 radical (unpaired) electrons. The second-order valence-electron chi connectivity index (χ2n) is 4.77. The Morgan fingerprint density at radius 1 is 1.00 bits per heavy atom. The number of ether oxygens (including phenoxy) is 1. The normalized spacial score (nSPS) is 11.7. The van der Waals surface area contributed by atoms with Gasteiger partial charge in [-0.05, 0) is 19.1 Å². The third kappa shape index (κ3) is 5.04. The average Bonchev–Trinajstić information content (AvgIpc) is 2.56. The maximum absolute atomic E-state index is 12.1. The highest BCUT2D eigenvalue weighted by Gasteiger charge is 2.18. The van der Waals surface area contributed by atoms with Crippen molar-refractivity contribution in [2.45, 2.75) is 24.3 Å². The predicted molar refractivity (Wildman–Crippen MR) is 88.1 cm³/mol. The second-order valence-corrected chi connectivity index (χ2v) is 5.94. The number of ketones is 1. The summed E-state index contributed by atoms with van der Waals surface area (Å²) in [4.78, 5) is 25.0. The Morgan fingerprint density at radius 3 is 2.23 bits per heavy atom. The van der Waals surface area contributed by atoms with Crippen molar-refractivity contribution in [1.82, 2.24) is 0 Å². The van der Waals surface area contributed by atoms with Crippen LogP contribution in [0.3, 0.4) is 0 Å². The van der Waals surface area contributed by atoms with Gasteiger partial charge >= 0.3 is 5.97 Å². The maximum atomic E-state index is 12.1. The molecular weight excluding hydrogens is 296 g/mol. The summed E-state index contributed by atoms with van der Waals surface area (Å²) in [5, 5.41) is 0. The number of esters is 1. The molecule has 0 aliphatic heterocycles. The fourth-order valence-corrected chi connectivity index (χ4v) is 2.77. The first kappa shape index (κ1) is 16.3. The van der Waals surface area contributed by atoms with E-state index in [0.29, 0.717) is 11.3 Å². The number of carbonyl (C=O) groups is 2. The van der Waals surface area contributed by atoms with Crippen LogP contribution >= 0.6 is 11.8 Å². The maximum Gasteiger partial charge on any atom is 0.307 e. The van der Waals surface area contributed by atoms with Gasteiger partial charge < -0.3 is 4.74 Å². The van der Waals surface area contributed by atoms with Crippen LogP contribution in [0.5, 0.6) is 0 Å². The lowest BCUT2D eigenvalue weighted by Crippen LogP contribution is -2.24. The first-order chi connectivity index (χ1) is 10.7. The van der Waals surface area contributed by atoms with E-state index in [-0.39, 0.29) is 18.2 Å². The topological polar surface area (TPSA) is 43.4 Å². The number of benzene rings is 2.